The molecule has 80 valence electrons. The number of hydrogen-bond acceptors (Lipinski definition) is 2. The fraction of sp³-hybridized carbons (Fsp3) is 0.833. The average Bonchev–Trinajstić information content (AvgIpc) is 2.19. The Bertz CT molecular complexity index is 195. The summed E-state index contributed by atoms with van der Waals surface area (Å²) in [6.45, 7) is 9.05. The Balaban J connectivity index is 2.28. The first kappa shape index (κ1) is 11.6. The monoisotopic (exact) mass is 194 g/mol. The van der Waals surface area contributed by atoms with Crippen molar-refractivity contribution in [1.82, 2.24) is 10.2 Å². The van der Waals surface area contributed by atoms with Crippen molar-refractivity contribution in [3.8, 4) is 12.3 Å². The molecule has 0 aromatic carbocycles. The molecule has 0 amide bonds. The number of likely N-dealkylation sites (tertiary alicyclic amines) is 1. The van der Waals surface area contributed by atoms with Crippen LogP contribution in [0, 0.1) is 18.3 Å². The smallest absolute Gasteiger partial charge is 0.0214 e. The minimum Gasteiger partial charge on any atom is -0.314 e. The molecule has 1 N–H and O–H groups in total. The lowest BCUT2D eigenvalue weighted by Gasteiger charge is -2.37. The summed E-state index contributed by atoms with van der Waals surface area (Å²) in [6, 6.07) is 0.710. The molecule has 0 aliphatic carbocycles. The van der Waals surface area contributed by atoms with E-state index in [4.69, 9.17) is 6.42 Å². The number of hydrogen-bond donors (Lipinski definition) is 1. The van der Waals surface area contributed by atoms with Gasteiger partial charge in [0.25, 0.3) is 0 Å². The molecule has 2 nitrogen and oxygen atoms in total. The highest BCUT2D eigenvalue weighted by molar-refractivity contribution is 4.87. The summed E-state index contributed by atoms with van der Waals surface area (Å²) in [5.74, 6) is 3.46. The molecule has 1 aliphatic heterocycles. The molecule has 2 unspecified atom stereocenters. The minimum atomic E-state index is 0.710. The SMILES string of the molecule is C#CCCN1CCC(NCC)C(C)C1. The normalized spacial score (nSPS) is 28.6. The zero-order valence-electron chi connectivity index (χ0n) is 9.42. The third kappa shape index (κ3) is 3.32. The molecule has 1 aliphatic rings. The van der Waals surface area contributed by atoms with Gasteiger partial charge in [0.1, 0.15) is 0 Å². The van der Waals surface area contributed by atoms with E-state index in [1.807, 2.05) is 0 Å². The van der Waals surface area contributed by atoms with E-state index in [0.29, 0.717) is 6.04 Å². The first-order valence-electron chi connectivity index (χ1n) is 5.67. The van der Waals surface area contributed by atoms with Crippen LogP contribution in [0.3, 0.4) is 0 Å². The van der Waals surface area contributed by atoms with Crippen LogP contribution in [0.4, 0.5) is 0 Å². The Hall–Kier alpha value is -0.520. The molecule has 1 rings (SSSR count). The van der Waals surface area contributed by atoms with Gasteiger partial charge < -0.3 is 10.2 Å². The summed E-state index contributed by atoms with van der Waals surface area (Å²) in [5.41, 5.74) is 0. The van der Waals surface area contributed by atoms with Gasteiger partial charge >= 0.3 is 0 Å². The minimum absolute atomic E-state index is 0.710. The highest BCUT2D eigenvalue weighted by Gasteiger charge is 2.24. The Labute approximate surface area is 88.1 Å². The molecule has 0 aromatic rings. The van der Waals surface area contributed by atoms with E-state index in [2.05, 4.69) is 30.0 Å². The van der Waals surface area contributed by atoms with Crippen LogP contribution < -0.4 is 5.32 Å². The van der Waals surface area contributed by atoms with Gasteiger partial charge in [0.2, 0.25) is 0 Å². The van der Waals surface area contributed by atoms with Gasteiger partial charge in [-0.2, -0.15) is 0 Å². The van der Waals surface area contributed by atoms with Gasteiger partial charge in [-0.05, 0) is 25.4 Å². The molecular formula is C12H22N2. The number of nitrogens with zero attached hydrogens (tertiary/aromatic N) is 1. The van der Waals surface area contributed by atoms with Crippen LogP contribution >= 0.6 is 0 Å². The van der Waals surface area contributed by atoms with Crippen molar-refractivity contribution < 1.29 is 0 Å². The van der Waals surface area contributed by atoms with Gasteiger partial charge in [-0.1, -0.05) is 13.8 Å². The lowest BCUT2D eigenvalue weighted by atomic mass is 9.94. The molecule has 0 bridgehead atoms. The first-order valence-corrected chi connectivity index (χ1v) is 5.67. The maximum Gasteiger partial charge on any atom is 0.0214 e. The van der Waals surface area contributed by atoms with E-state index < -0.39 is 0 Å². The van der Waals surface area contributed by atoms with E-state index >= 15 is 0 Å². The van der Waals surface area contributed by atoms with Crippen LogP contribution in [0.15, 0.2) is 0 Å². The molecule has 1 heterocycles. The van der Waals surface area contributed by atoms with E-state index in [9.17, 15) is 0 Å². The quantitative estimate of drug-likeness (QED) is 0.679. The summed E-state index contributed by atoms with van der Waals surface area (Å²) in [7, 11) is 0. The zero-order valence-corrected chi connectivity index (χ0v) is 9.42. The van der Waals surface area contributed by atoms with Gasteiger partial charge in [-0.15, -0.1) is 12.3 Å². The number of terminal acetylenes is 1. The molecule has 1 saturated heterocycles. The van der Waals surface area contributed by atoms with E-state index in [0.717, 1.165) is 25.4 Å². The molecule has 14 heavy (non-hydrogen) atoms. The van der Waals surface area contributed by atoms with Crippen molar-refractivity contribution in [3.63, 3.8) is 0 Å². The summed E-state index contributed by atoms with van der Waals surface area (Å²) in [4.78, 5) is 2.48. The lowest BCUT2D eigenvalue weighted by molar-refractivity contribution is 0.151. The van der Waals surface area contributed by atoms with Crippen molar-refractivity contribution in [2.24, 2.45) is 5.92 Å². The topological polar surface area (TPSA) is 15.3 Å². The van der Waals surface area contributed by atoms with Crippen LogP contribution in [0.25, 0.3) is 0 Å². The Morgan fingerprint density at radius 2 is 2.36 bits per heavy atom. The first-order chi connectivity index (χ1) is 6.77. The number of rotatable bonds is 4. The van der Waals surface area contributed by atoms with Crippen LogP contribution in [0.5, 0.6) is 0 Å². The van der Waals surface area contributed by atoms with Crippen LogP contribution in [-0.2, 0) is 0 Å². The molecule has 0 radical (unpaired) electrons. The van der Waals surface area contributed by atoms with E-state index in [1.54, 1.807) is 0 Å². The second-order valence-electron chi connectivity index (χ2n) is 4.18. The maximum atomic E-state index is 5.27. The summed E-state index contributed by atoms with van der Waals surface area (Å²) in [6.07, 6.45) is 7.42. The highest BCUT2D eigenvalue weighted by Crippen LogP contribution is 2.16. The molecule has 2 atom stereocenters. The second kappa shape index (κ2) is 6.06. The predicted octanol–water partition coefficient (Wildman–Crippen LogP) is 1.33. The highest BCUT2D eigenvalue weighted by atomic mass is 15.1. The maximum absolute atomic E-state index is 5.27. The summed E-state index contributed by atoms with van der Waals surface area (Å²) < 4.78 is 0. The van der Waals surface area contributed by atoms with E-state index in [-0.39, 0.29) is 0 Å². The fourth-order valence-corrected chi connectivity index (χ4v) is 2.22. The summed E-state index contributed by atoms with van der Waals surface area (Å²) in [5, 5.41) is 3.54. The van der Waals surface area contributed by atoms with Crippen LogP contribution in [-0.4, -0.2) is 37.1 Å². The van der Waals surface area contributed by atoms with Crippen molar-refractivity contribution in [2.45, 2.75) is 32.7 Å². The molecule has 1 fully saturated rings. The van der Waals surface area contributed by atoms with Gasteiger partial charge in [-0.25, -0.2) is 0 Å². The average molecular weight is 194 g/mol. The molecule has 0 spiro atoms. The largest absolute Gasteiger partial charge is 0.314 e. The van der Waals surface area contributed by atoms with Gasteiger partial charge in [-0.3, -0.25) is 0 Å². The van der Waals surface area contributed by atoms with Gasteiger partial charge in [0.15, 0.2) is 0 Å². The molecule has 2 heteroatoms. The second-order valence-corrected chi connectivity index (χ2v) is 4.18. The zero-order chi connectivity index (χ0) is 10.4. The van der Waals surface area contributed by atoms with Gasteiger partial charge in [0.05, 0.1) is 0 Å². The van der Waals surface area contributed by atoms with Crippen LogP contribution in [0.2, 0.25) is 0 Å². The lowest BCUT2D eigenvalue weighted by Crippen LogP contribution is -2.48. The van der Waals surface area contributed by atoms with Crippen molar-refractivity contribution in [1.29, 1.82) is 0 Å². The Morgan fingerprint density at radius 3 is 2.93 bits per heavy atom. The van der Waals surface area contributed by atoms with Crippen LogP contribution in [0.1, 0.15) is 26.7 Å². The predicted molar refractivity (Wildman–Crippen MR) is 61.1 cm³/mol. The summed E-state index contributed by atoms with van der Waals surface area (Å²) >= 11 is 0. The Morgan fingerprint density at radius 1 is 1.57 bits per heavy atom. The molecular weight excluding hydrogens is 172 g/mol. The van der Waals surface area contributed by atoms with Crippen molar-refractivity contribution in [2.75, 3.05) is 26.2 Å². The van der Waals surface area contributed by atoms with Crippen molar-refractivity contribution >= 4 is 0 Å². The van der Waals surface area contributed by atoms with E-state index in [1.165, 1.54) is 19.5 Å². The third-order valence-electron chi connectivity index (χ3n) is 3.03. The van der Waals surface area contributed by atoms with Crippen molar-refractivity contribution in [3.05, 3.63) is 0 Å². The standard InChI is InChI=1S/C12H22N2/c1-4-6-8-14-9-7-12(13-5-2)11(3)10-14/h1,11-13H,5-10H2,2-3H3. The molecule has 0 saturated carbocycles. The third-order valence-corrected chi connectivity index (χ3v) is 3.03. The number of nitrogens with one attached hydrogen (secondary N) is 1. The molecule has 0 aromatic heterocycles. The van der Waals surface area contributed by atoms with Gasteiger partial charge in [0, 0.05) is 25.6 Å². The number of piperidine rings is 1. The fourth-order valence-electron chi connectivity index (χ4n) is 2.22. The Kier molecular flexibility index (Phi) is 5.00.